The lowest BCUT2D eigenvalue weighted by Crippen LogP contribution is -2.29. The lowest BCUT2D eigenvalue weighted by Gasteiger charge is -2.13. The first-order valence-corrected chi connectivity index (χ1v) is 5.00. The zero-order chi connectivity index (χ0) is 11.6. The van der Waals surface area contributed by atoms with Gasteiger partial charge in [0.2, 0.25) is 11.8 Å². The molecule has 0 aliphatic carbocycles. The van der Waals surface area contributed by atoms with Gasteiger partial charge in [0.05, 0.1) is 0 Å². The van der Waals surface area contributed by atoms with E-state index in [9.17, 15) is 9.59 Å². The second-order valence-corrected chi connectivity index (χ2v) is 2.78. The molecule has 0 rings (SSSR count). The van der Waals surface area contributed by atoms with Crippen LogP contribution in [-0.2, 0) is 9.59 Å². The van der Waals surface area contributed by atoms with Crippen molar-refractivity contribution in [1.29, 1.82) is 0 Å². The van der Waals surface area contributed by atoms with E-state index in [-0.39, 0.29) is 11.8 Å². The van der Waals surface area contributed by atoms with Gasteiger partial charge in [-0.1, -0.05) is 13.8 Å². The molecule has 0 fully saturated rings. The second kappa shape index (κ2) is 10.0. The number of hydrogen-bond donors (Lipinski definition) is 1. The Hall–Kier alpha value is -1.06. The van der Waals surface area contributed by atoms with Crippen LogP contribution in [0.15, 0.2) is 0 Å². The average molecular weight is 202 g/mol. The summed E-state index contributed by atoms with van der Waals surface area (Å²) in [6.45, 7) is 8.33. The van der Waals surface area contributed by atoms with Crippen molar-refractivity contribution in [3.05, 3.63) is 0 Å². The molecule has 14 heavy (non-hydrogen) atoms. The van der Waals surface area contributed by atoms with Gasteiger partial charge in [0.1, 0.15) is 0 Å². The summed E-state index contributed by atoms with van der Waals surface area (Å²) >= 11 is 0. The third-order valence-corrected chi connectivity index (χ3v) is 1.58. The largest absolute Gasteiger partial charge is 0.356 e. The van der Waals surface area contributed by atoms with Crippen LogP contribution in [0.3, 0.4) is 0 Å². The highest BCUT2D eigenvalue weighted by atomic mass is 16.2. The van der Waals surface area contributed by atoms with Gasteiger partial charge in [0.15, 0.2) is 0 Å². The van der Waals surface area contributed by atoms with Gasteiger partial charge in [-0.15, -0.1) is 0 Å². The fourth-order valence-corrected chi connectivity index (χ4v) is 0.738. The molecule has 0 radical (unpaired) electrons. The van der Waals surface area contributed by atoms with E-state index in [1.165, 1.54) is 13.8 Å². The van der Waals surface area contributed by atoms with Crippen molar-refractivity contribution in [2.24, 2.45) is 0 Å². The lowest BCUT2D eigenvalue weighted by molar-refractivity contribution is -0.127. The maximum atomic E-state index is 10.7. The minimum absolute atomic E-state index is 0.0273. The summed E-state index contributed by atoms with van der Waals surface area (Å²) in [6.07, 6.45) is 0.801. The van der Waals surface area contributed by atoms with Gasteiger partial charge in [-0.05, 0) is 6.42 Å². The Labute approximate surface area is 86.7 Å². The van der Waals surface area contributed by atoms with Crippen LogP contribution in [0, 0.1) is 0 Å². The molecule has 0 saturated heterocycles. The number of rotatable bonds is 4. The molecule has 0 aromatic rings. The predicted octanol–water partition coefficient (Wildman–Crippen LogP) is 1.02. The molecule has 0 saturated carbocycles. The summed E-state index contributed by atoms with van der Waals surface area (Å²) in [6, 6.07) is 0. The molecular weight excluding hydrogens is 180 g/mol. The highest BCUT2D eigenvalue weighted by molar-refractivity contribution is 5.73. The van der Waals surface area contributed by atoms with Gasteiger partial charge in [-0.25, -0.2) is 0 Å². The third-order valence-electron chi connectivity index (χ3n) is 1.58. The molecule has 0 aromatic carbocycles. The van der Waals surface area contributed by atoms with Crippen molar-refractivity contribution in [3.63, 3.8) is 0 Å². The summed E-state index contributed by atoms with van der Waals surface area (Å²) in [7, 11) is 1.75. The quantitative estimate of drug-likeness (QED) is 0.692. The van der Waals surface area contributed by atoms with Crippen LogP contribution in [0.5, 0.6) is 0 Å². The topological polar surface area (TPSA) is 49.4 Å². The van der Waals surface area contributed by atoms with Gasteiger partial charge in [0, 0.05) is 34.0 Å². The lowest BCUT2D eigenvalue weighted by atomic mass is 10.4. The van der Waals surface area contributed by atoms with Gasteiger partial charge in [0.25, 0.3) is 0 Å². The molecule has 2 amide bonds. The minimum atomic E-state index is -0.0273. The molecule has 84 valence electrons. The number of nitrogens with one attached hydrogen (secondary N) is 1. The Kier molecular flexibility index (Phi) is 11.0. The van der Waals surface area contributed by atoms with Crippen LogP contribution in [0.1, 0.15) is 34.1 Å². The summed E-state index contributed by atoms with van der Waals surface area (Å²) < 4.78 is 0. The van der Waals surface area contributed by atoms with E-state index >= 15 is 0 Å². The SMILES string of the molecule is CC.CC(=O)NCCCN(C)C(C)=O. The van der Waals surface area contributed by atoms with Crippen molar-refractivity contribution in [2.75, 3.05) is 20.1 Å². The fraction of sp³-hybridized carbons (Fsp3) is 0.800. The predicted molar refractivity (Wildman–Crippen MR) is 58.0 cm³/mol. The Bertz CT molecular complexity index is 170. The Morgan fingerprint density at radius 3 is 2.07 bits per heavy atom. The van der Waals surface area contributed by atoms with E-state index in [1.807, 2.05) is 13.8 Å². The number of nitrogens with zero attached hydrogens (tertiary/aromatic N) is 1. The molecule has 1 N–H and O–H groups in total. The molecule has 4 heteroatoms. The highest BCUT2D eigenvalue weighted by Gasteiger charge is 2.00. The van der Waals surface area contributed by atoms with Crippen LogP contribution < -0.4 is 5.32 Å². The summed E-state index contributed by atoms with van der Waals surface area (Å²) in [4.78, 5) is 22.8. The molecule has 4 nitrogen and oxygen atoms in total. The minimum Gasteiger partial charge on any atom is -0.356 e. The van der Waals surface area contributed by atoms with Crippen molar-refractivity contribution in [2.45, 2.75) is 34.1 Å². The van der Waals surface area contributed by atoms with Crippen molar-refractivity contribution < 1.29 is 9.59 Å². The summed E-state index contributed by atoms with van der Waals surface area (Å²) in [5, 5.41) is 2.66. The van der Waals surface area contributed by atoms with Gasteiger partial charge >= 0.3 is 0 Å². The molecule has 0 atom stereocenters. The van der Waals surface area contributed by atoms with E-state index < -0.39 is 0 Å². The normalized spacial score (nSPS) is 8.36. The first-order valence-electron chi connectivity index (χ1n) is 5.00. The van der Waals surface area contributed by atoms with Crippen LogP contribution in [-0.4, -0.2) is 36.9 Å². The Balaban J connectivity index is 0. The molecular formula is C10H22N2O2. The number of carbonyl (C=O) groups excluding carboxylic acids is 2. The van der Waals surface area contributed by atoms with E-state index in [1.54, 1.807) is 11.9 Å². The van der Waals surface area contributed by atoms with Crippen LogP contribution in [0.25, 0.3) is 0 Å². The second-order valence-electron chi connectivity index (χ2n) is 2.78. The van der Waals surface area contributed by atoms with Crippen molar-refractivity contribution >= 4 is 11.8 Å². The van der Waals surface area contributed by atoms with Crippen LogP contribution in [0.4, 0.5) is 0 Å². The maximum Gasteiger partial charge on any atom is 0.219 e. The Morgan fingerprint density at radius 2 is 1.71 bits per heavy atom. The van der Waals surface area contributed by atoms with Crippen LogP contribution in [0.2, 0.25) is 0 Å². The smallest absolute Gasteiger partial charge is 0.219 e. The van der Waals surface area contributed by atoms with Crippen molar-refractivity contribution in [3.8, 4) is 0 Å². The van der Waals surface area contributed by atoms with E-state index in [0.29, 0.717) is 13.1 Å². The maximum absolute atomic E-state index is 10.7. The fourth-order valence-electron chi connectivity index (χ4n) is 0.738. The zero-order valence-electron chi connectivity index (χ0n) is 9.89. The summed E-state index contributed by atoms with van der Waals surface area (Å²) in [5.74, 6) is 0.0262. The number of hydrogen-bond acceptors (Lipinski definition) is 2. The van der Waals surface area contributed by atoms with Gasteiger partial charge < -0.3 is 10.2 Å². The molecule has 0 bridgehead atoms. The molecule has 0 aliphatic heterocycles. The standard InChI is InChI=1S/C8H16N2O2.C2H6/c1-7(11)9-5-4-6-10(3)8(2)12;1-2/h4-6H2,1-3H3,(H,9,11);1-2H3. The zero-order valence-corrected chi connectivity index (χ0v) is 9.89. The van der Waals surface area contributed by atoms with Crippen LogP contribution >= 0.6 is 0 Å². The van der Waals surface area contributed by atoms with E-state index in [4.69, 9.17) is 0 Å². The third kappa shape index (κ3) is 10.9. The Morgan fingerprint density at radius 1 is 1.21 bits per heavy atom. The van der Waals surface area contributed by atoms with E-state index in [0.717, 1.165) is 6.42 Å². The molecule has 0 spiro atoms. The molecule has 0 aliphatic rings. The average Bonchev–Trinajstić information content (AvgIpc) is 2.15. The number of amides is 2. The van der Waals surface area contributed by atoms with E-state index in [2.05, 4.69) is 5.32 Å². The molecule has 0 aromatic heterocycles. The van der Waals surface area contributed by atoms with Gasteiger partial charge in [-0.2, -0.15) is 0 Å². The number of carbonyl (C=O) groups is 2. The highest BCUT2D eigenvalue weighted by Crippen LogP contribution is 1.86. The van der Waals surface area contributed by atoms with Crippen molar-refractivity contribution in [1.82, 2.24) is 10.2 Å². The first kappa shape index (κ1) is 15.4. The molecule has 0 heterocycles. The monoisotopic (exact) mass is 202 g/mol. The first-order chi connectivity index (χ1) is 6.54. The van der Waals surface area contributed by atoms with Gasteiger partial charge in [-0.3, -0.25) is 9.59 Å². The summed E-state index contributed by atoms with van der Waals surface area (Å²) in [5.41, 5.74) is 0. The molecule has 0 unspecified atom stereocenters.